The maximum absolute atomic E-state index is 13.3. The zero-order valence-corrected chi connectivity index (χ0v) is 25.8. The first-order valence-electron chi connectivity index (χ1n) is 14.6. The van der Waals surface area contributed by atoms with E-state index in [1.165, 1.54) is 32.0 Å². The van der Waals surface area contributed by atoms with Gasteiger partial charge in [-0.25, -0.2) is 9.59 Å². The van der Waals surface area contributed by atoms with E-state index in [4.69, 9.17) is 20.6 Å². The summed E-state index contributed by atoms with van der Waals surface area (Å²) in [7, 11) is 0. The van der Waals surface area contributed by atoms with E-state index in [0.717, 1.165) is 5.56 Å². The van der Waals surface area contributed by atoms with Gasteiger partial charge in [0.15, 0.2) is 17.5 Å². The Hall–Kier alpha value is -5.53. The van der Waals surface area contributed by atoms with Crippen LogP contribution in [0.4, 0.5) is 4.79 Å². The number of hydrogen-bond acceptors (Lipinski definition) is 9. The molecule has 1 aromatic heterocycles. The Bertz CT molecular complexity index is 1670. The summed E-state index contributed by atoms with van der Waals surface area (Å²) in [5.41, 5.74) is 12.0. The lowest BCUT2D eigenvalue weighted by Crippen LogP contribution is -2.54. The Morgan fingerprint density at radius 3 is 2.28 bits per heavy atom. The van der Waals surface area contributed by atoms with Gasteiger partial charge in [-0.1, -0.05) is 42.5 Å². The van der Waals surface area contributed by atoms with Gasteiger partial charge in [0.25, 0.3) is 0 Å². The second-order valence-electron chi connectivity index (χ2n) is 10.7. The molecule has 3 amide bonds. The van der Waals surface area contributed by atoms with Gasteiger partial charge in [-0.2, -0.15) is 0 Å². The summed E-state index contributed by atoms with van der Waals surface area (Å²) in [5, 5.41) is 8.13. The van der Waals surface area contributed by atoms with Crippen molar-refractivity contribution < 1.29 is 33.1 Å². The molecule has 244 valence electrons. The fraction of sp³-hybridized carbons (Fsp3) is 0.344. The van der Waals surface area contributed by atoms with Crippen LogP contribution in [0.25, 0.3) is 11.0 Å². The van der Waals surface area contributed by atoms with Gasteiger partial charge >= 0.3 is 11.7 Å². The number of guanidine groups is 1. The monoisotopic (exact) mass is 634 g/mol. The zero-order valence-electron chi connectivity index (χ0n) is 25.8. The van der Waals surface area contributed by atoms with E-state index in [0.29, 0.717) is 17.4 Å². The molecule has 0 aliphatic carbocycles. The highest BCUT2D eigenvalue weighted by Gasteiger charge is 2.27. The van der Waals surface area contributed by atoms with Crippen molar-refractivity contribution in [2.75, 3.05) is 6.54 Å². The highest BCUT2D eigenvalue weighted by molar-refractivity contribution is 6.11. The number of nitrogens with one attached hydrogen (secondary N) is 3. The normalized spacial score (nSPS) is 12.7. The predicted molar refractivity (Wildman–Crippen MR) is 170 cm³/mol. The number of ketones is 2. The number of hydrogen-bond donors (Lipinski definition) is 5. The molecule has 46 heavy (non-hydrogen) atoms. The van der Waals surface area contributed by atoms with Crippen LogP contribution in [0, 0.1) is 6.92 Å². The molecule has 0 saturated heterocycles. The van der Waals surface area contributed by atoms with Gasteiger partial charge in [0.05, 0.1) is 12.5 Å². The van der Waals surface area contributed by atoms with Gasteiger partial charge in [-0.3, -0.25) is 24.2 Å². The third-order valence-electron chi connectivity index (χ3n) is 6.95. The first kappa shape index (κ1) is 35.0. The molecule has 0 bridgehead atoms. The summed E-state index contributed by atoms with van der Waals surface area (Å²) in [6.07, 6.45) is -0.965. The number of ether oxygens (including phenoxy) is 1. The van der Waals surface area contributed by atoms with E-state index in [1.54, 1.807) is 37.3 Å². The van der Waals surface area contributed by atoms with Gasteiger partial charge in [0.2, 0.25) is 11.8 Å². The smallest absolute Gasteiger partial charge is 0.408 e. The van der Waals surface area contributed by atoms with Crippen molar-refractivity contribution in [3.63, 3.8) is 0 Å². The second kappa shape index (κ2) is 16.5. The van der Waals surface area contributed by atoms with Crippen molar-refractivity contribution in [3.8, 4) is 0 Å². The summed E-state index contributed by atoms with van der Waals surface area (Å²) in [6.45, 7) is 4.75. The van der Waals surface area contributed by atoms with E-state index in [1.807, 2.05) is 6.07 Å². The fourth-order valence-corrected chi connectivity index (χ4v) is 4.41. The lowest BCUT2D eigenvalue weighted by Gasteiger charge is -2.22. The first-order chi connectivity index (χ1) is 21.8. The third-order valence-corrected chi connectivity index (χ3v) is 6.95. The van der Waals surface area contributed by atoms with Crippen LogP contribution in [0.2, 0.25) is 0 Å². The molecule has 2 aromatic carbocycles. The standard InChI is InChI=1S/C32H38N6O8/c1-18-14-28(41)46-27-15-22(11-12-23(18)27)25(39)16-26(40)24(10-7-13-35-31(33)34)38-30(43)19(2)36-29(42)20(3)37-32(44)45-17-21-8-5-4-6-9-21/h4-6,8-9,11-12,14-15,19-20,24H,7,10,13,16-17H2,1-3H3,(H,36,42)(H,37,44)(H,38,43)(H4,33,34,35)/t19-,20-,24-/m0/s1. The summed E-state index contributed by atoms with van der Waals surface area (Å²) < 4.78 is 10.3. The number of amides is 3. The summed E-state index contributed by atoms with van der Waals surface area (Å²) in [6, 6.07) is 11.6. The van der Waals surface area contributed by atoms with Crippen LogP contribution in [0.5, 0.6) is 0 Å². The molecule has 0 fully saturated rings. The molecule has 1 heterocycles. The Balaban J connectivity index is 1.60. The zero-order chi connectivity index (χ0) is 33.8. The topological polar surface area (TPSA) is 225 Å². The molecule has 7 N–H and O–H groups in total. The summed E-state index contributed by atoms with van der Waals surface area (Å²) >= 11 is 0. The Kier molecular flexibility index (Phi) is 12.6. The minimum absolute atomic E-state index is 0.0118. The van der Waals surface area contributed by atoms with Crippen LogP contribution >= 0.6 is 0 Å². The van der Waals surface area contributed by atoms with Crippen LogP contribution in [0.15, 0.2) is 68.8 Å². The number of nitrogens with zero attached hydrogens (tertiary/aromatic N) is 1. The lowest BCUT2D eigenvalue weighted by molar-refractivity contribution is -0.131. The number of Topliss-reactive ketones (excluding diaryl/α,β-unsaturated/α-hetero) is 2. The summed E-state index contributed by atoms with van der Waals surface area (Å²) in [4.78, 5) is 79.8. The number of alkyl carbamates (subject to hydrolysis) is 1. The quantitative estimate of drug-likeness (QED) is 0.0405. The largest absolute Gasteiger partial charge is 0.445 e. The van der Waals surface area contributed by atoms with Gasteiger partial charge in [0, 0.05) is 23.6 Å². The van der Waals surface area contributed by atoms with E-state index in [-0.39, 0.29) is 36.7 Å². The van der Waals surface area contributed by atoms with Crippen LogP contribution < -0.4 is 33.0 Å². The van der Waals surface area contributed by atoms with Crippen molar-refractivity contribution in [3.05, 3.63) is 81.7 Å². The minimum atomic E-state index is -1.10. The lowest BCUT2D eigenvalue weighted by atomic mass is 9.98. The molecule has 3 atom stereocenters. The average Bonchev–Trinajstić information content (AvgIpc) is 3.01. The van der Waals surface area contributed by atoms with E-state index < -0.39 is 59.6 Å². The number of benzene rings is 2. The Labute approximate surface area is 264 Å². The molecular formula is C32H38N6O8. The number of carbonyl (C=O) groups is 5. The second-order valence-corrected chi connectivity index (χ2v) is 10.7. The SMILES string of the molecule is Cc1cc(=O)oc2cc(C(=O)CC(=O)[C@H](CCCN=C(N)N)NC(=O)[C@H](C)NC(=O)[C@H](C)NC(=O)OCc3ccccc3)ccc12. The van der Waals surface area contributed by atoms with E-state index >= 15 is 0 Å². The van der Waals surface area contributed by atoms with Crippen molar-refractivity contribution in [1.82, 2.24) is 16.0 Å². The maximum atomic E-state index is 13.3. The van der Waals surface area contributed by atoms with Crippen molar-refractivity contribution in [2.45, 2.75) is 64.8 Å². The van der Waals surface area contributed by atoms with Crippen molar-refractivity contribution in [2.24, 2.45) is 16.5 Å². The molecular weight excluding hydrogens is 596 g/mol. The molecule has 3 aromatic rings. The van der Waals surface area contributed by atoms with Crippen LogP contribution in [0.1, 0.15) is 54.6 Å². The summed E-state index contributed by atoms with van der Waals surface area (Å²) in [5.74, 6) is -2.61. The minimum Gasteiger partial charge on any atom is -0.445 e. The van der Waals surface area contributed by atoms with Gasteiger partial charge in [-0.05, 0) is 50.8 Å². The predicted octanol–water partition coefficient (Wildman–Crippen LogP) is 1.60. The molecule has 0 unspecified atom stereocenters. The molecule has 0 aliphatic rings. The molecule has 14 heteroatoms. The number of carbonyl (C=O) groups excluding carboxylic acids is 5. The molecule has 3 rings (SSSR count). The van der Waals surface area contributed by atoms with Crippen LogP contribution in [-0.2, 0) is 25.7 Å². The number of nitrogens with two attached hydrogens (primary N) is 2. The number of rotatable bonds is 15. The van der Waals surface area contributed by atoms with Gasteiger partial charge in [0.1, 0.15) is 24.3 Å². The molecule has 0 radical (unpaired) electrons. The fourth-order valence-electron chi connectivity index (χ4n) is 4.41. The number of fused-ring (bicyclic) bond motifs is 1. The molecule has 0 aliphatic heterocycles. The number of aryl methyl sites for hydroxylation is 1. The van der Waals surface area contributed by atoms with Crippen LogP contribution in [-0.4, -0.2) is 60.1 Å². The van der Waals surface area contributed by atoms with E-state index in [9.17, 15) is 28.8 Å². The van der Waals surface area contributed by atoms with Gasteiger partial charge in [-0.15, -0.1) is 0 Å². The van der Waals surface area contributed by atoms with Crippen LogP contribution in [0.3, 0.4) is 0 Å². The van der Waals surface area contributed by atoms with Crippen molar-refractivity contribution in [1.29, 1.82) is 0 Å². The molecule has 14 nitrogen and oxygen atoms in total. The molecule has 0 spiro atoms. The van der Waals surface area contributed by atoms with E-state index in [2.05, 4.69) is 20.9 Å². The average molecular weight is 635 g/mol. The Morgan fingerprint density at radius 2 is 1.59 bits per heavy atom. The first-order valence-corrected chi connectivity index (χ1v) is 14.6. The highest BCUT2D eigenvalue weighted by atomic mass is 16.5. The third kappa shape index (κ3) is 10.6. The number of aliphatic imine (C=N–C) groups is 1. The molecule has 0 saturated carbocycles. The highest BCUT2D eigenvalue weighted by Crippen LogP contribution is 2.19. The van der Waals surface area contributed by atoms with Gasteiger partial charge < -0.3 is 36.6 Å². The van der Waals surface area contributed by atoms with Crippen molar-refractivity contribution >= 4 is 46.4 Å². The Morgan fingerprint density at radius 1 is 0.913 bits per heavy atom. The maximum Gasteiger partial charge on any atom is 0.408 e.